The number of rotatable bonds is 4. The Morgan fingerprint density at radius 1 is 1.03 bits per heavy atom. The number of carbonyl (C=O) groups excluding carboxylic acids is 3. The minimum atomic E-state index is -1.20. The Bertz CT molecular complexity index is 943. The van der Waals surface area contributed by atoms with Gasteiger partial charge in [0, 0.05) is 5.69 Å². The Balaban J connectivity index is 1.74. The molecule has 0 bridgehead atoms. The SMILES string of the molecule is Cc1ccc(NC(=O)CN2C(=O)N[C@](C)(c3ccc(C(C)(C)C)cc3)C2=O)cc1. The number of hydrogen-bond donors (Lipinski definition) is 2. The molecular formula is C23H27N3O3. The van der Waals surface area contributed by atoms with Crippen LogP contribution in [0.1, 0.15) is 44.4 Å². The van der Waals surface area contributed by atoms with Gasteiger partial charge in [-0.25, -0.2) is 4.79 Å². The van der Waals surface area contributed by atoms with Gasteiger partial charge in [-0.15, -0.1) is 0 Å². The number of amides is 4. The van der Waals surface area contributed by atoms with Crippen LogP contribution in [0.3, 0.4) is 0 Å². The number of nitrogens with one attached hydrogen (secondary N) is 2. The van der Waals surface area contributed by atoms with Gasteiger partial charge in [0.25, 0.3) is 5.91 Å². The number of nitrogens with zero attached hydrogens (tertiary/aromatic N) is 1. The van der Waals surface area contributed by atoms with Gasteiger partial charge in [-0.2, -0.15) is 0 Å². The minimum absolute atomic E-state index is 0.0114. The molecule has 2 N–H and O–H groups in total. The fourth-order valence-electron chi connectivity index (χ4n) is 3.32. The lowest BCUT2D eigenvalue weighted by Crippen LogP contribution is -2.42. The molecule has 1 aliphatic heterocycles. The summed E-state index contributed by atoms with van der Waals surface area (Å²) in [5.41, 5.74) is 2.31. The summed E-state index contributed by atoms with van der Waals surface area (Å²) in [6, 6.07) is 14.4. The molecule has 0 aromatic heterocycles. The van der Waals surface area contributed by atoms with Gasteiger partial charge in [-0.05, 0) is 42.5 Å². The second-order valence-electron chi connectivity index (χ2n) is 8.69. The molecule has 152 valence electrons. The van der Waals surface area contributed by atoms with Crippen molar-refractivity contribution >= 4 is 23.5 Å². The van der Waals surface area contributed by atoms with Crippen molar-refractivity contribution in [3.63, 3.8) is 0 Å². The highest BCUT2D eigenvalue weighted by Crippen LogP contribution is 2.31. The molecule has 0 unspecified atom stereocenters. The second-order valence-corrected chi connectivity index (χ2v) is 8.69. The van der Waals surface area contributed by atoms with E-state index in [0.717, 1.165) is 16.0 Å². The average molecular weight is 393 g/mol. The van der Waals surface area contributed by atoms with Crippen LogP contribution in [0, 0.1) is 6.92 Å². The molecular weight excluding hydrogens is 366 g/mol. The first-order valence-corrected chi connectivity index (χ1v) is 9.62. The molecule has 1 atom stereocenters. The molecule has 0 radical (unpaired) electrons. The van der Waals surface area contributed by atoms with Crippen molar-refractivity contribution < 1.29 is 14.4 Å². The Morgan fingerprint density at radius 2 is 1.62 bits per heavy atom. The first-order chi connectivity index (χ1) is 13.5. The molecule has 2 aromatic rings. The number of anilines is 1. The normalized spacial score (nSPS) is 19.3. The van der Waals surface area contributed by atoms with Crippen LogP contribution >= 0.6 is 0 Å². The van der Waals surface area contributed by atoms with Crippen LogP contribution in [0.25, 0.3) is 0 Å². The van der Waals surface area contributed by atoms with E-state index in [0.29, 0.717) is 11.3 Å². The third-order valence-corrected chi connectivity index (χ3v) is 5.24. The maximum absolute atomic E-state index is 13.0. The van der Waals surface area contributed by atoms with Gasteiger partial charge in [0.05, 0.1) is 0 Å². The highest BCUT2D eigenvalue weighted by Gasteiger charge is 2.49. The van der Waals surface area contributed by atoms with Crippen molar-refractivity contribution in [3.8, 4) is 0 Å². The van der Waals surface area contributed by atoms with Crippen molar-refractivity contribution in [2.75, 3.05) is 11.9 Å². The molecule has 6 nitrogen and oxygen atoms in total. The van der Waals surface area contributed by atoms with E-state index in [4.69, 9.17) is 0 Å². The molecule has 3 rings (SSSR count). The van der Waals surface area contributed by atoms with Crippen LogP contribution in [0.15, 0.2) is 48.5 Å². The molecule has 1 aliphatic rings. The van der Waals surface area contributed by atoms with Crippen molar-refractivity contribution in [1.29, 1.82) is 0 Å². The molecule has 1 saturated heterocycles. The maximum Gasteiger partial charge on any atom is 0.325 e. The molecule has 0 saturated carbocycles. The van der Waals surface area contributed by atoms with Gasteiger partial charge >= 0.3 is 6.03 Å². The number of benzene rings is 2. The summed E-state index contributed by atoms with van der Waals surface area (Å²) in [6.07, 6.45) is 0. The van der Waals surface area contributed by atoms with Gasteiger partial charge < -0.3 is 10.6 Å². The summed E-state index contributed by atoms with van der Waals surface area (Å²) < 4.78 is 0. The zero-order valence-electron chi connectivity index (χ0n) is 17.5. The minimum Gasteiger partial charge on any atom is -0.325 e. The zero-order chi connectivity index (χ0) is 21.4. The summed E-state index contributed by atoms with van der Waals surface area (Å²) in [5.74, 6) is -0.866. The lowest BCUT2D eigenvalue weighted by Gasteiger charge is -2.24. The predicted molar refractivity (Wildman–Crippen MR) is 113 cm³/mol. The second kappa shape index (κ2) is 7.35. The van der Waals surface area contributed by atoms with E-state index in [1.54, 1.807) is 19.1 Å². The van der Waals surface area contributed by atoms with Crippen molar-refractivity contribution in [2.24, 2.45) is 0 Å². The Labute approximate surface area is 171 Å². The Kier molecular flexibility index (Phi) is 5.22. The van der Waals surface area contributed by atoms with Gasteiger partial charge in [-0.3, -0.25) is 14.5 Å². The van der Waals surface area contributed by atoms with Crippen LogP contribution in [0.2, 0.25) is 0 Å². The van der Waals surface area contributed by atoms with Gasteiger partial charge in [-0.1, -0.05) is 62.7 Å². The molecule has 0 spiro atoms. The molecule has 2 aromatic carbocycles. The maximum atomic E-state index is 13.0. The van der Waals surface area contributed by atoms with Crippen molar-refractivity contribution in [2.45, 2.75) is 45.6 Å². The van der Waals surface area contributed by atoms with Gasteiger partial charge in [0.15, 0.2) is 0 Å². The highest BCUT2D eigenvalue weighted by atomic mass is 16.2. The third-order valence-electron chi connectivity index (χ3n) is 5.24. The molecule has 4 amide bonds. The summed E-state index contributed by atoms with van der Waals surface area (Å²) in [5, 5.41) is 5.45. The van der Waals surface area contributed by atoms with Crippen molar-refractivity contribution in [3.05, 3.63) is 65.2 Å². The van der Waals surface area contributed by atoms with Crippen LogP contribution in [0.5, 0.6) is 0 Å². The summed E-state index contributed by atoms with van der Waals surface area (Å²) in [4.78, 5) is 38.8. The smallest absolute Gasteiger partial charge is 0.325 e. The van der Waals surface area contributed by atoms with Crippen LogP contribution in [-0.4, -0.2) is 29.3 Å². The topological polar surface area (TPSA) is 78.5 Å². The van der Waals surface area contributed by atoms with E-state index in [-0.39, 0.29) is 12.0 Å². The van der Waals surface area contributed by atoms with Crippen LogP contribution < -0.4 is 10.6 Å². The quantitative estimate of drug-likeness (QED) is 0.778. The van der Waals surface area contributed by atoms with E-state index < -0.39 is 23.4 Å². The molecule has 0 aliphatic carbocycles. The lowest BCUT2D eigenvalue weighted by molar-refractivity contribution is -0.133. The Morgan fingerprint density at radius 3 is 2.17 bits per heavy atom. The van der Waals surface area contributed by atoms with Crippen molar-refractivity contribution in [1.82, 2.24) is 10.2 Å². The van der Waals surface area contributed by atoms with Gasteiger partial charge in [0.1, 0.15) is 12.1 Å². The van der Waals surface area contributed by atoms with E-state index in [1.165, 1.54) is 0 Å². The largest absolute Gasteiger partial charge is 0.325 e. The Hall–Kier alpha value is -3.15. The number of carbonyl (C=O) groups is 3. The van der Waals surface area contributed by atoms with E-state index >= 15 is 0 Å². The summed E-state index contributed by atoms with van der Waals surface area (Å²) in [7, 11) is 0. The summed E-state index contributed by atoms with van der Waals surface area (Å²) in [6.45, 7) is 9.61. The molecule has 29 heavy (non-hydrogen) atoms. The number of urea groups is 1. The lowest BCUT2D eigenvalue weighted by atomic mass is 9.84. The summed E-state index contributed by atoms with van der Waals surface area (Å²) >= 11 is 0. The first-order valence-electron chi connectivity index (χ1n) is 9.62. The van der Waals surface area contributed by atoms with Crippen LogP contribution in [-0.2, 0) is 20.5 Å². The number of hydrogen-bond acceptors (Lipinski definition) is 3. The predicted octanol–water partition coefficient (Wildman–Crippen LogP) is 3.70. The van der Waals surface area contributed by atoms with E-state index in [2.05, 4.69) is 31.4 Å². The fraction of sp³-hybridized carbons (Fsp3) is 0.348. The van der Waals surface area contributed by atoms with Crippen LogP contribution in [0.4, 0.5) is 10.5 Å². The number of aryl methyl sites for hydroxylation is 1. The number of imide groups is 1. The zero-order valence-corrected chi connectivity index (χ0v) is 17.5. The highest BCUT2D eigenvalue weighted by molar-refractivity contribution is 6.10. The molecule has 1 fully saturated rings. The third kappa shape index (κ3) is 4.16. The fourth-order valence-corrected chi connectivity index (χ4v) is 3.32. The van der Waals surface area contributed by atoms with Gasteiger partial charge in [0.2, 0.25) is 5.91 Å². The van der Waals surface area contributed by atoms with E-state index in [1.807, 2.05) is 43.3 Å². The molecule has 1 heterocycles. The average Bonchev–Trinajstić information content (AvgIpc) is 2.87. The molecule has 6 heteroatoms. The first kappa shape index (κ1) is 20.6. The monoisotopic (exact) mass is 393 g/mol. The standard InChI is InChI=1S/C23H27N3O3/c1-15-6-12-18(13-7-15)24-19(27)14-26-20(28)23(5,25-21(26)29)17-10-8-16(9-11-17)22(2,3)4/h6-13H,14H2,1-5H3,(H,24,27)(H,25,29)/t23-/m1/s1. The van der Waals surface area contributed by atoms with E-state index in [9.17, 15) is 14.4 Å².